The Morgan fingerprint density at radius 3 is 2.05 bits per heavy atom. The minimum Gasteiger partial charge on any atom is -0.372 e. The van der Waals surface area contributed by atoms with Crippen molar-refractivity contribution in [3.8, 4) is 0 Å². The standard InChI is InChI=1S/C26H16Cl4N4O2S2/c27-19-17-18(20(28)22(30)21(19)29)24(36)15(23(17)35)10-14-11-16-25(37-14)31-26(38-16)33-32-12-4-6-13(7-5-12)34-8-2-1-3-9-34/h4-7,10-11H,1-3,8-9H2/b33-32+. The number of carbonyl (C=O) groups excluding carboxylic acids is 2. The summed E-state index contributed by atoms with van der Waals surface area (Å²) in [5.74, 6) is -1.08. The first-order valence-corrected chi connectivity index (χ1v) is 14.8. The highest BCUT2D eigenvalue weighted by Crippen LogP contribution is 2.46. The van der Waals surface area contributed by atoms with Gasteiger partial charge in [0.05, 0.1) is 47.2 Å². The van der Waals surface area contributed by atoms with Gasteiger partial charge in [-0.1, -0.05) is 57.7 Å². The summed E-state index contributed by atoms with van der Waals surface area (Å²) in [5.41, 5.74) is 1.86. The molecule has 0 spiro atoms. The number of hydrogen-bond donors (Lipinski definition) is 0. The number of Topliss-reactive ketones (excluding diaryl/α,β-unsaturated/α-hetero) is 2. The highest BCUT2D eigenvalue weighted by atomic mass is 35.5. The number of anilines is 1. The van der Waals surface area contributed by atoms with E-state index >= 15 is 0 Å². The zero-order chi connectivity index (χ0) is 26.6. The van der Waals surface area contributed by atoms with Crippen molar-refractivity contribution >= 4 is 113 Å². The van der Waals surface area contributed by atoms with Gasteiger partial charge in [0.1, 0.15) is 4.83 Å². The molecule has 12 heteroatoms. The molecule has 4 aromatic rings. The maximum absolute atomic E-state index is 13.0. The van der Waals surface area contributed by atoms with Crippen molar-refractivity contribution in [2.75, 3.05) is 18.0 Å². The van der Waals surface area contributed by atoms with Crippen molar-refractivity contribution in [3.05, 3.63) is 72.0 Å². The van der Waals surface area contributed by atoms with Gasteiger partial charge in [-0.2, -0.15) is 0 Å². The number of thiazole rings is 1. The van der Waals surface area contributed by atoms with Gasteiger partial charge in [0.2, 0.25) is 5.13 Å². The molecule has 2 aromatic heterocycles. The summed E-state index contributed by atoms with van der Waals surface area (Å²) in [6.45, 7) is 2.18. The van der Waals surface area contributed by atoms with Crippen LogP contribution in [0.25, 0.3) is 15.6 Å². The van der Waals surface area contributed by atoms with Crippen LogP contribution in [0.5, 0.6) is 0 Å². The molecule has 0 atom stereocenters. The van der Waals surface area contributed by atoms with E-state index in [9.17, 15) is 9.59 Å². The summed E-state index contributed by atoms with van der Waals surface area (Å²) in [4.78, 5) is 34.4. The molecule has 0 radical (unpaired) electrons. The van der Waals surface area contributed by atoms with Gasteiger partial charge in [0.15, 0.2) is 11.6 Å². The molecule has 3 heterocycles. The Kier molecular flexibility index (Phi) is 7.05. The molecule has 192 valence electrons. The average Bonchev–Trinajstić information content (AvgIpc) is 3.56. The maximum Gasteiger partial charge on any atom is 0.231 e. The van der Waals surface area contributed by atoms with Gasteiger partial charge >= 0.3 is 0 Å². The number of thiophene rings is 1. The third-order valence-electron chi connectivity index (χ3n) is 6.42. The van der Waals surface area contributed by atoms with Gasteiger partial charge in [-0.05, 0) is 55.7 Å². The molecule has 0 bridgehead atoms. The van der Waals surface area contributed by atoms with Crippen molar-refractivity contribution in [2.45, 2.75) is 19.3 Å². The van der Waals surface area contributed by atoms with Gasteiger partial charge < -0.3 is 4.90 Å². The lowest BCUT2D eigenvalue weighted by atomic mass is 10.1. The van der Waals surface area contributed by atoms with Gasteiger partial charge in [0, 0.05) is 23.7 Å². The zero-order valence-corrected chi connectivity index (χ0v) is 24.1. The van der Waals surface area contributed by atoms with Gasteiger partial charge in [0.25, 0.3) is 0 Å². The SMILES string of the molecule is O=C1C(=Cc2cc3sc(/N=N/c4ccc(N5CCCCC5)cc4)nc3s2)C(=O)c2c(Cl)c(Cl)c(Cl)c(Cl)c21. The summed E-state index contributed by atoms with van der Waals surface area (Å²) in [6.07, 6.45) is 5.28. The van der Waals surface area contributed by atoms with E-state index in [-0.39, 0.29) is 36.8 Å². The van der Waals surface area contributed by atoms with Crippen molar-refractivity contribution in [1.29, 1.82) is 0 Å². The molecule has 1 saturated heterocycles. The predicted molar refractivity (Wildman–Crippen MR) is 157 cm³/mol. The minimum atomic E-state index is -0.541. The van der Waals surface area contributed by atoms with Crippen LogP contribution in [0.15, 0.2) is 46.1 Å². The Hall–Kier alpha value is -2.33. The quantitative estimate of drug-likeness (QED) is 0.0747. The van der Waals surface area contributed by atoms with Crippen molar-refractivity contribution in [2.24, 2.45) is 10.2 Å². The number of ketones is 2. The number of azo groups is 1. The van der Waals surface area contributed by atoms with Crippen LogP contribution in [0.3, 0.4) is 0 Å². The van der Waals surface area contributed by atoms with E-state index in [0.717, 1.165) is 28.3 Å². The molecule has 1 aliphatic carbocycles. The molecular formula is C26H16Cl4N4O2S2. The molecule has 6 nitrogen and oxygen atoms in total. The van der Waals surface area contributed by atoms with Gasteiger partial charge in [-0.15, -0.1) is 21.6 Å². The summed E-state index contributed by atoms with van der Waals surface area (Å²) in [5, 5.41) is 8.87. The fraction of sp³-hybridized carbons (Fsp3) is 0.192. The number of carbonyl (C=O) groups is 2. The molecule has 0 saturated carbocycles. The number of hydrogen-bond acceptors (Lipinski definition) is 8. The number of piperidine rings is 1. The lowest BCUT2D eigenvalue weighted by Gasteiger charge is -2.28. The van der Waals surface area contributed by atoms with E-state index in [1.54, 1.807) is 0 Å². The van der Waals surface area contributed by atoms with Gasteiger partial charge in [-0.25, -0.2) is 4.98 Å². The third kappa shape index (κ3) is 4.57. The van der Waals surface area contributed by atoms with E-state index in [1.807, 2.05) is 18.2 Å². The van der Waals surface area contributed by atoms with Crippen LogP contribution in [0, 0.1) is 0 Å². The summed E-state index contributed by atoms with van der Waals surface area (Å²) in [7, 11) is 0. The second kappa shape index (κ2) is 10.3. The second-order valence-corrected chi connectivity index (χ2v) is 12.4. The van der Waals surface area contributed by atoms with Gasteiger partial charge in [-0.3, -0.25) is 9.59 Å². The fourth-order valence-electron chi connectivity index (χ4n) is 4.54. The molecule has 1 fully saturated rings. The summed E-state index contributed by atoms with van der Waals surface area (Å²) in [6, 6.07) is 9.92. The highest BCUT2D eigenvalue weighted by molar-refractivity contribution is 7.29. The zero-order valence-electron chi connectivity index (χ0n) is 19.4. The van der Waals surface area contributed by atoms with Crippen LogP contribution in [-0.2, 0) is 0 Å². The Morgan fingerprint density at radius 2 is 1.45 bits per heavy atom. The molecule has 1 aliphatic heterocycles. The molecule has 2 aromatic carbocycles. The van der Waals surface area contributed by atoms with Crippen LogP contribution in [0.1, 0.15) is 44.9 Å². The largest absolute Gasteiger partial charge is 0.372 e. The number of benzene rings is 2. The van der Waals surface area contributed by atoms with E-state index in [4.69, 9.17) is 46.4 Å². The normalized spacial score (nSPS) is 15.8. The van der Waals surface area contributed by atoms with Crippen LogP contribution in [-0.4, -0.2) is 29.6 Å². The van der Waals surface area contributed by atoms with Crippen molar-refractivity contribution < 1.29 is 9.59 Å². The molecule has 0 N–H and O–H groups in total. The lowest BCUT2D eigenvalue weighted by molar-refractivity contribution is 0.0990. The second-order valence-electron chi connectivity index (χ2n) is 8.80. The monoisotopic (exact) mass is 620 g/mol. The Balaban J connectivity index is 1.21. The highest BCUT2D eigenvalue weighted by Gasteiger charge is 2.39. The number of halogens is 4. The van der Waals surface area contributed by atoms with E-state index in [2.05, 4.69) is 32.2 Å². The number of rotatable bonds is 4. The molecule has 0 unspecified atom stereocenters. The number of fused-ring (bicyclic) bond motifs is 2. The predicted octanol–water partition coefficient (Wildman–Crippen LogP) is 9.84. The summed E-state index contributed by atoms with van der Waals surface area (Å²) >= 11 is 27.3. The first kappa shape index (κ1) is 25.9. The topological polar surface area (TPSA) is 75.0 Å². The number of allylic oxidation sites excluding steroid dienone is 1. The minimum absolute atomic E-state index is 0.0227. The van der Waals surface area contributed by atoms with Crippen molar-refractivity contribution in [3.63, 3.8) is 0 Å². The van der Waals surface area contributed by atoms with Crippen molar-refractivity contribution in [1.82, 2.24) is 4.98 Å². The first-order chi connectivity index (χ1) is 18.3. The Bertz CT molecular complexity index is 1610. The van der Waals surface area contributed by atoms with E-state index < -0.39 is 11.6 Å². The van der Waals surface area contributed by atoms with Crippen LogP contribution < -0.4 is 4.90 Å². The Morgan fingerprint density at radius 1 is 0.816 bits per heavy atom. The first-order valence-electron chi connectivity index (χ1n) is 11.7. The molecule has 6 rings (SSSR count). The number of aromatic nitrogens is 1. The molecule has 38 heavy (non-hydrogen) atoms. The maximum atomic E-state index is 13.0. The van der Waals surface area contributed by atoms with E-state index in [0.29, 0.717) is 10.0 Å². The molecule has 0 amide bonds. The smallest absolute Gasteiger partial charge is 0.231 e. The van der Waals surface area contributed by atoms with E-state index in [1.165, 1.54) is 53.7 Å². The fourth-order valence-corrected chi connectivity index (χ4v) is 7.55. The average molecular weight is 622 g/mol. The summed E-state index contributed by atoms with van der Waals surface area (Å²) < 4.78 is 0.869. The molecule has 2 aliphatic rings. The Labute approximate surface area is 245 Å². The third-order valence-corrected chi connectivity index (χ3v) is 10.2. The number of nitrogens with zero attached hydrogens (tertiary/aromatic N) is 4. The van der Waals surface area contributed by atoms with Crippen LogP contribution in [0.2, 0.25) is 20.1 Å². The van der Waals surface area contributed by atoms with Crippen LogP contribution >= 0.6 is 69.1 Å². The van der Waals surface area contributed by atoms with Crippen LogP contribution in [0.4, 0.5) is 16.5 Å². The lowest BCUT2D eigenvalue weighted by Crippen LogP contribution is -2.29. The molecular weight excluding hydrogens is 606 g/mol.